The fraction of sp³-hybridized carbons (Fsp3) is 0.250. The smallest absolute Gasteiger partial charge is 0.282 e. The van der Waals surface area contributed by atoms with Crippen LogP contribution in [-0.4, -0.2) is 11.5 Å². The van der Waals surface area contributed by atoms with Gasteiger partial charge in [0.1, 0.15) is 0 Å². The molecule has 0 fully saturated rings. The van der Waals surface area contributed by atoms with Gasteiger partial charge in [0, 0.05) is 18.7 Å². The zero-order valence-corrected chi connectivity index (χ0v) is 9.47. The van der Waals surface area contributed by atoms with E-state index in [1.807, 2.05) is 22.6 Å². The van der Waals surface area contributed by atoms with Crippen molar-refractivity contribution in [1.82, 2.24) is 0 Å². The molecule has 0 spiro atoms. The van der Waals surface area contributed by atoms with Gasteiger partial charge in [-0.1, -0.05) is 6.07 Å². The molecule has 6 heteroatoms. The summed E-state index contributed by atoms with van der Waals surface area (Å²) in [6.07, 6.45) is 0. The molecule has 14 heavy (non-hydrogen) atoms. The summed E-state index contributed by atoms with van der Waals surface area (Å²) in [5, 5.41) is 10.6. The normalized spacial score (nSPS) is 12.5. The highest BCUT2D eigenvalue weighted by Crippen LogP contribution is 2.23. The third-order valence-electron chi connectivity index (χ3n) is 1.85. The number of nitrogens with two attached hydrogens (primary N) is 2. The van der Waals surface area contributed by atoms with Gasteiger partial charge in [0.2, 0.25) is 0 Å². The Labute approximate surface area is 94.8 Å². The van der Waals surface area contributed by atoms with Crippen molar-refractivity contribution in [3.8, 4) is 0 Å². The molecule has 5 nitrogen and oxygen atoms in total. The summed E-state index contributed by atoms with van der Waals surface area (Å²) in [6.45, 7) is 0.276. The molecule has 0 heterocycles. The van der Waals surface area contributed by atoms with E-state index in [1.165, 1.54) is 6.07 Å². The van der Waals surface area contributed by atoms with Crippen LogP contribution in [-0.2, 0) is 0 Å². The summed E-state index contributed by atoms with van der Waals surface area (Å²) >= 11 is 1.91. The van der Waals surface area contributed by atoms with E-state index in [1.54, 1.807) is 12.1 Å². The van der Waals surface area contributed by atoms with Gasteiger partial charge >= 0.3 is 0 Å². The molecule has 1 aromatic carbocycles. The van der Waals surface area contributed by atoms with Crippen LogP contribution in [0.1, 0.15) is 11.6 Å². The zero-order chi connectivity index (χ0) is 10.7. The molecule has 0 aliphatic rings. The summed E-state index contributed by atoms with van der Waals surface area (Å²) in [4.78, 5) is 10.2. The minimum Gasteiger partial charge on any atom is -0.329 e. The Kier molecular flexibility index (Phi) is 3.78. The second kappa shape index (κ2) is 4.67. The Morgan fingerprint density at radius 3 is 2.71 bits per heavy atom. The summed E-state index contributed by atoms with van der Waals surface area (Å²) in [7, 11) is 0. The van der Waals surface area contributed by atoms with Crippen LogP contribution in [0.5, 0.6) is 0 Å². The first-order valence-electron chi connectivity index (χ1n) is 3.95. The Bertz CT molecular complexity index is 356. The third kappa shape index (κ3) is 2.40. The van der Waals surface area contributed by atoms with Gasteiger partial charge in [0.05, 0.1) is 8.49 Å². The van der Waals surface area contributed by atoms with E-state index >= 15 is 0 Å². The first-order valence-corrected chi connectivity index (χ1v) is 5.03. The standard InChI is InChI=1S/C8H10IN3O2/c9-6-2-1-5(7(11)4-10)3-8(6)12(13)14/h1-3,7H,4,10-11H2/t7-/m0/s1. The molecule has 1 atom stereocenters. The summed E-state index contributed by atoms with van der Waals surface area (Å²) in [6, 6.07) is 4.56. The van der Waals surface area contributed by atoms with Gasteiger partial charge in [-0.05, 0) is 34.2 Å². The highest BCUT2D eigenvalue weighted by Gasteiger charge is 2.14. The van der Waals surface area contributed by atoms with Gasteiger partial charge in [-0.2, -0.15) is 0 Å². The Morgan fingerprint density at radius 1 is 1.57 bits per heavy atom. The number of nitro benzene ring substituents is 1. The van der Waals surface area contributed by atoms with Crippen molar-refractivity contribution in [1.29, 1.82) is 0 Å². The molecule has 0 bridgehead atoms. The van der Waals surface area contributed by atoms with Crippen LogP contribution >= 0.6 is 22.6 Å². The summed E-state index contributed by atoms with van der Waals surface area (Å²) in [5.41, 5.74) is 11.8. The molecule has 0 aliphatic heterocycles. The Morgan fingerprint density at radius 2 is 2.21 bits per heavy atom. The lowest BCUT2D eigenvalue weighted by molar-refractivity contribution is -0.385. The van der Waals surface area contributed by atoms with Gasteiger partial charge < -0.3 is 11.5 Å². The molecule has 0 amide bonds. The largest absolute Gasteiger partial charge is 0.329 e. The molecular weight excluding hydrogens is 297 g/mol. The van der Waals surface area contributed by atoms with Crippen LogP contribution in [0.2, 0.25) is 0 Å². The molecule has 0 aromatic heterocycles. The van der Waals surface area contributed by atoms with Crippen molar-refractivity contribution in [2.24, 2.45) is 11.5 Å². The quantitative estimate of drug-likeness (QED) is 0.497. The molecule has 0 radical (unpaired) electrons. The van der Waals surface area contributed by atoms with Crippen molar-refractivity contribution < 1.29 is 4.92 Å². The lowest BCUT2D eigenvalue weighted by atomic mass is 10.1. The van der Waals surface area contributed by atoms with E-state index in [2.05, 4.69) is 0 Å². The number of halogens is 1. The summed E-state index contributed by atoms with van der Waals surface area (Å²) < 4.78 is 0.598. The van der Waals surface area contributed by atoms with Crippen molar-refractivity contribution in [2.75, 3.05) is 6.54 Å². The first-order chi connectivity index (χ1) is 6.56. The molecule has 0 saturated carbocycles. The monoisotopic (exact) mass is 307 g/mol. The molecule has 4 N–H and O–H groups in total. The van der Waals surface area contributed by atoms with Crippen LogP contribution in [0.15, 0.2) is 18.2 Å². The number of benzene rings is 1. The van der Waals surface area contributed by atoms with Crippen molar-refractivity contribution in [3.63, 3.8) is 0 Å². The Hall–Kier alpha value is -0.730. The van der Waals surface area contributed by atoms with Crippen molar-refractivity contribution in [2.45, 2.75) is 6.04 Å². The van der Waals surface area contributed by atoms with E-state index in [9.17, 15) is 10.1 Å². The minimum atomic E-state index is -0.422. The lowest BCUT2D eigenvalue weighted by Crippen LogP contribution is -2.20. The van der Waals surface area contributed by atoms with E-state index in [0.717, 1.165) is 0 Å². The SMILES string of the molecule is NC[C@H](N)c1ccc(I)c([N+](=O)[O-])c1. The fourth-order valence-corrected chi connectivity index (χ4v) is 1.57. The maximum Gasteiger partial charge on any atom is 0.282 e. The topological polar surface area (TPSA) is 95.2 Å². The van der Waals surface area contributed by atoms with Gasteiger partial charge in [-0.25, -0.2) is 0 Å². The van der Waals surface area contributed by atoms with Gasteiger partial charge in [-0.15, -0.1) is 0 Å². The molecule has 1 rings (SSSR count). The number of nitro groups is 1. The maximum absolute atomic E-state index is 10.6. The van der Waals surface area contributed by atoms with E-state index in [0.29, 0.717) is 9.13 Å². The van der Waals surface area contributed by atoms with Crippen LogP contribution in [0.4, 0.5) is 5.69 Å². The van der Waals surface area contributed by atoms with Crippen LogP contribution in [0.3, 0.4) is 0 Å². The molecule has 0 unspecified atom stereocenters. The lowest BCUT2D eigenvalue weighted by Gasteiger charge is -2.08. The molecule has 76 valence electrons. The van der Waals surface area contributed by atoms with Crippen LogP contribution in [0, 0.1) is 13.7 Å². The number of hydrogen-bond acceptors (Lipinski definition) is 4. The Balaban J connectivity index is 3.12. The van der Waals surface area contributed by atoms with Crippen LogP contribution in [0.25, 0.3) is 0 Å². The van der Waals surface area contributed by atoms with Gasteiger partial charge in [-0.3, -0.25) is 10.1 Å². The second-order valence-corrected chi connectivity index (χ2v) is 3.97. The maximum atomic E-state index is 10.6. The molecular formula is C8H10IN3O2. The molecule has 1 aromatic rings. The third-order valence-corrected chi connectivity index (χ3v) is 2.76. The predicted molar refractivity (Wildman–Crippen MR) is 61.8 cm³/mol. The minimum absolute atomic E-state index is 0.0759. The highest BCUT2D eigenvalue weighted by molar-refractivity contribution is 14.1. The summed E-state index contributed by atoms with van der Waals surface area (Å²) in [5.74, 6) is 0. The van der Waals surface area contributed by atoms with E-state index in [-0.39, 0.29) is 18.3 Å². The average Bonchev–Trinajstić information content (AvgIpc) is 2.17. The zero-order valence-electron chi connectivity index (χ0n) is 7.31. The number of nitrogens with zero attached hydrogens (tertiary/aromatic N) is 1. The second-order valence-electron chi connectivity index (χ2n) is 2.81. The molecule has 0 aliphatic carbocycles. The van der Waals surface area contributed by atoms with Crippen molar-refractivity contribution in [3.05, 3.63) is 37.4 Å². The predicted octanol–water partition coefficient (Wildman–Crippen LogP) is 1.16. The number of hydrogen-bond donors (Lipinski definition) is 2. The van der Waals surface area contributed by atoms with Gasteiger partial charge in [0.25, 0.3) is 5.69 Å². The highest BCUT2D eigenvalue weighted by atomic mass is 127. The van der Waals surface area contributed by atoms with E-state index in [4.69, 9.17) is 11.5 Å². The van der Waals surface area contributed by atoms with E-state index < -0.39 is 4.92 Å². The van der Waals surface area contributed by atoms with Crippen molar-refractivity contribution >= 4 is 28.3 Å². The number of rotatable bonds is 3. The average molecular weight is 307 g/mol. The molecule has 0 saturated heterocycles. The van der Waals surface area contributed by atoms with Gasteiger partial charge in [0.15, 0.2) is 0 Å². The fourth-order valence-electron chi connectivity index (χ4n) is 1.04. The first kappa shape index (κ1) is 11.3. The van der Waals surface area contributed by atoms with Crippen LogP contribution < -0.4 is 11.5 Å².